The molecule has 2 heterocycles. The lowest BCUT2D eigenvalue weighted by atomic mass is 9.92. The van der Waals surface area contributed by atoms with Crippen molar-refractivity contribution in [2.24, 2.45) is 5.92 Å². The Kier molecular flexibility index (Phi) is 8.35. The minimum Gasteiger partial charge on any atom is -0.391 e. The molecule has 0 radical (unpaired) electrons. The Bertz CT molecular complexity index is 494. The largest absolute Gasteiger partial charge is 0.391 e. The zero-order chi connectivity index (χ0) is 20.3. The highest BCUT2D eigenvalue weighted by Gasteiger charge is 2.48. The fraction of sp³-hybridized carbons (Fsp3) is 0.944. The monoisotopic (exact) mass is 406 g/mol. The van der Waals surface area contributed by atoms with Gasteiger partial charge in [0.15, 0.2) is 0 Å². The third kappa shape index (κ3) is 5.14. The van der Waals surface area contributed by atoms with E-state index in [1.807, 2.05) is 11.9 Å². The summed E-state index contributed by atoms with van der Waals surface area (Å²) in [6, 6.07) is -1.20. The summed E-state index contributed by atoms with van der Waals surface area (Å²) in [5.74, 6) is 0.245. The van der Waals surface area contributed by atoms with E-state index < -0.39 is 42.0 Å². The highest BCUT2D eigenvalue weighted by molar-refractivity contribution is 7.99. The molecule has 2 rings (SSSR count). The molecule has 1 amide bonds. The Morgan fingerprint density at radius 1 is 1.30 bits per heavy atom. The number of ether oxygens (including phenoxy) is 1. The number of rotatable bonds is 7. The minimum atomic E-state index is -1.42. The molecule has 0 bridgehead atoms. The van der Waals surface area contributed by atoms with E-state index in [9.17, 15) is 25.2 Å². The molecular weight excluding hydrogens is 372 g/mol. The van der Waals surface area contributed by atoms with Crippen LogP contribution in [0, 0.1) is 5.92 Å². The van der Waals surface area contributed by atoms with Gasteiger partial charge in [0.25, 0.3) is 0 Å². The third-order valence-electron chi connectivity index (χ3n) is 5.66. The summed E-state index contributed by atoms with van der Waals surface area (Å²) in [7, 11) is 1.91. The van der Waals surface area contributed by atoms with Gasteiger partial charge in [0.05, 0.1) is 18.2 Å². The van der Waals surface area contributed by atoms with E-state index in [1.165, 1.54) is 18.7 Å². The number of hydrogen-bond acceptors (Lipinski definition) is 8. The standard InChI is InChI=1S/C18H34N2O6S/c1-5-6-10-7-11(20(3)8-10)17(25)19-12(9(2)21)16-14(23)13(22)15(24)18(26-16)27-4/h9-16,18,21-24H,5-8H2,1-4H3,(H,19,25)/t9?,10-,11+,12?,13-,14-,15+,16?,18?/m1/s1. The van der Waals surface area contributed by atoms with Crippen LogP contribution in [0.25, 0.3) is 0 Å². The van der Waals surface area contributed by atoms with E-state index >= 15 is 0 Å². The molecule has 2 fully saturated rings. The van der Waals surface area contributed by atoms with Crippen LogP contribution >= 0.6 is 11.8 Å². The first-order valence-electron chi connectivity index (χ1n) is 9.62. The number of thioether (sulfide) groups is 1. The maximum absolute atomic E-state index is 12.8. The second-order valence-corrected chi connectivity index (χ2v) is 8.73. The van der Waals surface area contributed by atoms with Gasteiger partial charge in [0, 0.05) is 6.54 Å². The van der Waals surface area contributed by atoms with Crippen LogP contribution in [0.4, 0.5) is 0 Å². The molecule has 2 aliphatic heterocycles. The number of amides is 1. The van der Waals surface area contributed by atoms with Gasteiger partial charge in [-0.25, -0.2) is 0 Å². The molecule has 4 unspecified atom stereocenters. The second kappa shape index (κ2) is 9.87. The topological polar surface area (TPSA) is 122 Å². The molecule has 0 aromatic rings. The number of aliphatic hydroxyl groups excluding tert-OH is 4. The van der Waals surface area contributed by atoms with Crippen molar-refractivity contribution in [3.63, 3.8) is 0 Å². The van der Waals surface area contributed by atoms with E-state index in [1.54, 1.807) is 6.26 Å². The smallest absolute Gasteiger partial charge is 0.237 e. The van der Waals surface area contributed by atoms with Crippen LogP contribution in [0.15, 0.2) is 0 Å². The van der Waals surface area contributed by atoms with Crippen molar-refractivity contribution >= 4 is 17.7 Å². The highest BCUT2D eigenvalue weighted by atomic mass is 32.2. The number of aliphatic hydroxyl groups is 4. The van der Waals surface area contributed by atoms with Gasteiger partial charge < -0.3 is 30.5 Å². The fourth-order valence-electron chi connectivity index (χ4n) is 4.13. The van der Waals surface area contributed by atoms with Gasteiger partial charge in [0.2, 0.25) is 5.91 Å². The Morgan fingerprint density at radius 3 is 2.52 bits per heavy atom. The van der Waals surface area contributed by atoms with E-state index in [0.717, 1.165) is 25.8 Å². The van der Waals surface area contributed by atoms with Gasteiger partial charge in [-0.15, -0.1) is 11.8 Å². The van der Waals surface area contributed by atoms with Gasteiger partial charge in [0.1, 0.15) is 29.9 Å². The van der Waals surface area contributed by atoms with Crippen LogP contribution < -0.4 is 5.32 Å². The van der Waals surface area contributed by atoms with Crippen molar-refractivity contribution < 1.29 is 30.0 Å². The Labute approximate surface area is 165 Å². The Hall–Kier alpha value is -0.420. The van der Waals surface area contributed by atoms with Crippen LogP contribution in [0.2, 0.25) is 0 Å². The van der Waals surface area contributed by atoms with Gasteiger partial charge in [-0.2, -0.15) is 0 Å². The Morgan fingerprint density at radius 2 is 1.96 bits per heavy atom. The van der Waals surface area contributed by atoms with Gasteiger partial charge in [-0.05, 0) is 39.0 Å². The average molecular weight is 407 g/mol. The fourth-order valence-corrected chi connectivity index (χ4v) is 4.81. The van der Waals surface area contributed by atoms with Crippen LogP contribution in [0.3, 0.4) is 0 Å². The third-order valence-corrected chi connectivity index (χ3v) is 6.51. The molecule has 0 aromatic heterocycles. The van der Waals surface area contributed by atoms with Crippen LogP contribution in [0.1, 0.15) is 33.1 Å². The summed E-state index contributed by atoms with van der Waals surface area (Å²) >= 11 is 1.20. The van der Waals surface area contributed by atoms with Gasteiger partial charge in [-0.1, -0.05) is 13.3 Å². The van der Waals surface area contributed by atoms with E-state index in [-0.39, 0.29) is 11.9 Å². The lowest BCUT2D eigenvalue weighted by Crippen LogP contribution is -2.65. The quantitative estimate of drug-likeness (QED) is 0.370. The van der Waals surface area contributed by atoms with Crippen molar-refractivity contribution in [1.82, 2.24) is 10.2 Å². The molecule has 0 aromatic carbocycles. The molecule has 0 aliphatic carbocycles. The normalized spacial score (nSPS) is 39.9. The predicted octanol–water partition coefficient (Wildman–Crippen LogP) is -0.857. The number of likely N-dealkylation sites (tertiary alicyclic amines) is 1. The highest BCUT2D eigenvalue weighted by Crippen LogP contribution is 2.30. The maximum Gasteiger partial charge on any atom is 0.237 e. The molecule has 27 heavy (non-hydrogen) atoms. The van der Waals surface area contributed by atoms with Crippen molar-refractivity contribution in [2.75, 3.05) is 19.8 Å². The number of hydrogen-bond donors (Lipinski definition) is 5. The average Bonchev–Trinajstić information content (AvgIpc) is 2.99. The molecule has 0 spiro atoms. The molecule has 2 saturated heterocycles. The van der Waals surface area contributed by atoms with Crippen molar-refractivity contribution in [3.05, 3.63) is 0 Å². The summed E-state index contributed by atoms with van der Waals surface area (Å²) in [5.41, 5.74) is -0.755. The first-order chi connectivity index (χ1) is 12.7. The molecule has 9 heteroatoms. The molecule has 5 N–H and O–H groups in total. The van der Waals surface area contributed by atoms with Crippen molar-refractivity contribution in [2.45, 2.75) is 81.1 Å². The number of likely N-dealkylation sites (N-methyl/N-ethyl adjacent to an activating group) is 1. The second-order valence-electron chi connectivity index (χ2n) is 7.80. The van der Waals surface area contributed by atoms with Crippen molar-refractivity contribution in [3.8, 4) is 0 Å². The van der Waals surface area contributed by atoms with Gasteiger partial charge in [-0.3, -0.25) is 9.69 Å². The van der Waals surface area contributed by atoms with Crippen molar-refractivity contribution in [1.29, 1.82) is 0 Å². The lowest BCUT2D eigenvalue weighted by molar-refractivity contribution is -0.211. The summed E-state index contributed by atoms with van der Waals surface area (Å²) in [5, 5.41) is 43.5. The number of nitrogens with one attached hydrogen (secondary N) is 1. The Balaban J connectivity index is 2.09. The van der Waals surface area contributed by atoms with Crippen LogP contribution in [-0.4, -0.2) is 99.1 Å². The molecule has 9 atom stereocenters. The molecule has 8 nitrogen and oxygen atoms in total. The molecular formula is C18H34N2O6S. The summed E-state index contributed by atoms with van der Waals surface area (Å²) < 4.78 is 5.72. The summed E-state index contributed by atoms with van der Waals surface area (Å²) in [4.78, 5) is 14.9. The summed E-state index contributed by atoms with van der Waals surface area (Å²) in [6.07, 6.45) is -1.50. The maximum atomic E-state index is 12.8. The summed E-state index contributed by atoms with van der Waals surface area (Å²) in [6.45, 7) is 4.48. The number of nitrogens with zero attached hydrogens (tertiary/aromatic N) is 1. The molecule has 158 valence electrons. The number of carbonyl (C=O) groups is 1. The first kappa shape index (κ1) is 22.9. The zero-order valence-electron chi connectivity index (χ0n) is 16.5. The lowest BCUT2D eigenvalue weighted by Gasteiger charge is -2.44. The van der Waals surface area contributed by atoms with E-state index in [0.29, 0.717) is 5.92 Å². The van der Waals surface area contributed by atoms with Gasteiger partial charge >= 0.3 is 0 Å². The predicted molar refractivity (Wildman–Crippen MR) is 103 cm³/mol. The molecule has 0 saturated carbocycles. The van der Waals surface area contributed by atoms with E-state index in [4.69, 9.17) is 4.74 Å². The zero-order valence-corrected chi connectivity index (χ0v) is 17.3. The molecule has 2 aliphatic rings. The number of carbonyl (C=O) groups excluding carboxylic acids is 1. The minimum absolute atomic E-state index is 0.223. The van der Waals surface area contributed by atoms with E-state index in [2.05, 4.69) is 12.2 Å². The first-order valence-corrected chi connectivity index (χ1v) is 10.9. The van der Waals surface area contributed by atoms with Crippen LogP contribution in [0.5, 0.6) is 0 Å². The SMILES string of the molecule is CCC[C@@H]1C[C@@H](C(=O)NC(C(C)O)C2OC(SC)[C@@H](O)[C@H](O)[C@H]2O)N(C)C1. The van der Waals surface area contributed by atoms with Crippen LogP contribution in [-0.2, 0) is 9.53 Å².